The Hall–Kier alpha value is -1.08. The molecule has 19 heavy (non-hydrogen) atoms. The number of hydrogen-bond donors (Lipinski definition) is 2. The Kier molecular flexibility index (Phi) is 6.30. The standard InChI is InChI=1S/C15H26N2O2/c1-3-9-15(11-16,10-4-2)14(19)17-12-7-5-6-8-13(12)18/h12-13,18H,3-10H2,1-2H3,(H,17,19). The van der Waals surface area contributed by atoms with Gasteiger partial charge in [-0.3, -0.25) is 4.79 Å². The SMILES string of the molecule is CCCC(C#N)(CCC)C(=O)NC1CCCCC1O. The van der Waals surface area contributed by atoms with Crippen molar-refractivity contribution in [2.75, 3.05) is 0 Å². The topological polar surface area (TPSA) is 73.1 Å². The van der Waals surface area contributed by atoms with Crippen molar-refractivity contribution in [3.8, 4) is 6.07 Å². The second kappa shape index (κ2) is 7.49. The zero-order chi connectivity index (χ0) is 14.3. The van der Waals surface area contributed by atoms with Gasteiger partial charge < -0.3 is 10.4 Å². The second-order valence-electron chi connectivity index (χ2n) is 5.63. The lowest BCUT2D eigenvalue weighted by Gasteiger charge is -2.32. The van der Waals surface area contributed by atoms with Crippen LogP contribution in [0.2, 0.25) is 0 Å². The minimum absolute atomic E-state index is 0.178. The van der Waals surface area contributed by atoms with Gasteiger partial charge >= 0.3 is 0 Å². The summed E-state index contributed by atoms with van der Waals surface area (Å²) < 4.78 is 0. The third-order valence-corrected chi connectivity index (χ3v) is 4.05. The Morgan fingerprint density at radius 3 is 2.37 bits per heavy atom. The molecule has 0 aliphatic heterocycles. The van der Waals surface area contributed by atoms with Gasteiger partial charge in [0.2, 0.25) is 5.91 Å². The quantitative estimate of drug-likeness (QED) is 0.776. The van der Waals surface area contributed by atoms with E-state index >= 15 is 0 Å². The predicted octanol–water partition coefficient (Wildman–Crippen LogP) is 2.52. The molecule has 0 aromatic rings. The summed E-state index contributed by atoms with van der Waals surface area (Å²) in [4.78, 5) is 12.4. The smallest absolute Gasteiger partial charge is 0.240 e. The molecule has 0 bridgehead atoms. The van der Waals surface area contributed by atoms with Crippen molar-refractivity contribution in [3.05, 3.63) is 0 Å². The predicted molar refractivity (Wildman–Crippen MR) is 74.3 cm³/mol. The molecule has 0 aromatic carbocycles. The van der Waals surface area contributed by atoms with Crippen molar-refractivity contribution in [1.29, 1.82) is 5.26 Å². The van der Waals surface area contributed by atoms with Crippen LogP contribution in [-0.2, 0) is 4.79 Å². The van der Waals surface area contributed by atoms with Crippen LogP contribution in [0.1, 0.15) is 65.2 Å². The summed E-state index contributed by atoms with van der Waals surface area (Å²) in [6.45, 7) is 3.98. The molecule has 1 rings (SSSR count). The Balaban J connectivity index is 2.73. The van der Waals surface area contributed by atoms with E-state index in [2.05, 4.69) is 11.4 Å². The van der Waals surface area contributed by atoms with Crippen molar-refractivity contribution in [1.82, 2.24) is 5.32 Å². The zero-order valence-electron chi connectivity index (χ0n) is 12.1. The molecule has 2 N–H and O–H groups in total. The third-order valence-electron chi connectivity index (χ3n) is 4.05. The highest BCUT2D eigenvalue weighted by Gasteiger charge is 2.39. The van der Waals surface area contributed by atoms with E-state index in [1.54, 1.807) is 0 Å². The van der Waals surface area contributed by atoms with E-state index < -0.39 is 11.5 Å². The molecule has 1 saturated carbocycles. The number of amides is 1. The van der Waals surface area contributed by atoms with Gasteiger partial charge in [-0.15, -0.1) is 0 Å². The van der Waals surface area contributed by atoms with Gasteiger partial charge in [-0.1, -0.05) is 39.5 Å². The molecule has 1 amide bonds. The first-order valence-electron chi connectivity index (χ1n) is 7.50. The minimum atomic E-state index is -0.916. The van der Waals surface area contributed by atoms with Gasteiger partial charge in [0.15, 0.2) is 0 Å². The van der Waals surface area contributed by atoms with Crippen molar-refractivity contribution in [2.45, 2.75) is 77.4 Å². The molecule has 0 aromatic heterocycles. The molecule has 4 heteroatoms. The van der Waals surface area contributed by atoms with E-state index in [1.165, 1.54) is 0 Å². The lowest BCUT2D eigenvalue weighted by atomic mass is 9.79. The van der Waals surface area contributed by atoms with E-state index in [0.717, 1.165) is 38.5 Å². The number of nitrogens with one attached hydrogen (secondary N) is 1. The van der Waals surface area contributed by atoms with E-state index in [0.29, 0.717) is 12.8 Å². The number of aliphatic hydroxyl groups is 1. The number of nitriles is 1. The maximum Gasteiger partial charge on any atom is 0.240 e. The maximum atomic E-state index is 12.4. The average Bonchev–Trinajstić information content (AvgIpc) is 2.41. The van der Waals surface area contributed by atoms with Crippen LogP contribution in [0.15, 0.2) is 0 Å². The largest absolute Gasteiger partial charge is 0.391 e. The first-order valence-corrected chi connectivity index (χ1v) is 7.50. The van der Waals surface area contributed by atoms with Crippen molar-refractivity contribution in [2.24, 2.45) is 5.41 Å². The van der Waals surface area contributed by atoms with Crippen LogP contribution in [-0.4, -0.2) is 23.2 Å². The van der Waals surface area contributed by atoms with Crippen LogP contribution in [0.3, 0.4) is 0 Å². The van der Waals surface area contributed by atoms with Crippen LogP contribution in [0.5, 0.6) is 0 Å². The molecule has 0 heterocycles. The van der Waals surface area contributed by atoms with E-state index in [-0.39, 0.29) is 11.9 Å². The van der Waals surface area contributed by atoms with E-state index in [4.69, 9.17) is 0 Å². The normalized spacial score (nSPS) is 23.7. The fourth-order valence-electron chi connectivity index (χ4n) is 2.95. The van der Waals surface area contributed by atoms with Crippen LogP contribution < -0.4 is 5.32 Å². The summed E-state index contributed by atoms with van der Waals surface area (Å²) in [6, 6.07) is 2.05. The molecule has 2 atom stereocenters. The highest BCUT2D eigenvalue weighted by molar-refractivity contribution is 5.85. The second-order valence-corrected chi connectivity index (χ2v) is 5.63. The third kappa shape index (κ3) is 3.94. The van der Waals surface area contributed by atoms with Crippen molar-refractivity contribution in [3.63, 3.8) is 0 Å². The number of nitrogens with zero attached hydrogens (tertiary/aromatic N) is 1. The molecule has 4 nitrogen and oxygen atoms in total. The molecule has 108 valence electrons. The number of rotatable bonds is 6. The Bertz CT molecular complexity index is 330. The Morgan fingerprint density at radius 1 is 1.32 bits per heavy atom. The summed E-state index contributed by atoms with van der Waals surface area (Å²) in [7, 11) is 0. The molecular weight excluding hydrogens is 240 g/mol. The first kappa shape index (κ1) is 16.0. The number of carbonyl (C=O) groups excluding carboxylic acids is 1. The molecule has 0 saturated heterocycles. The lowest BCUT2D eigenvalue weighted by molar-refractivity contribution is -0.131. The van der Waals surface area contributed by atoms with Gasteiger partial charge in [-0.2, -0.15) is 5.26 Å². The van der Waals surface area contributed by atoms with Crippen molar-refractivity contribution >= 4 is 5.91 Å². The van der Waals surface area contributed by atoms with Gasteiger partial charge in [0.05, 0.1) is 18.2 Å². The number of carbonyl (C=O) groups is 1. The molecule has 1 aliphatic carbocycles. The molecular formula is C15H26N2O2. The van der Waals surface area contributed by atoms with E-state index in [9.17, 15) is 15.2 Å². The van der Waals surface area contributed by atoms with E-state index in [1.807, 2.05) is 13.8 Å². The van der Waals surface area contributed by atoms with Gasteiger partial charge in [0.1, 0.15) is 5.41 Å². The summed E-state index contributed by atoms with van der Waals surface area (Å²) >= 11 is 0. The number of hydrogen-bond acceptors (Lipinski definition) is 3. The highest BCUT2D eigenvalue weighted by atomic mass is 16.3. The molecule has 2 unspecified atom stereocenters. The minimum Gasteiger partial charge on any atom is -0.391 e. The lowest BCUT2D eigenvalue weighted by Crippen LogP contribution is -2.50. The zero-order valence-corrected chi connectivity index (χ0v) is 12.1. The Labute approximate surface area is 116 Å². The van der Waals surface area contributed by atoms with Gasteiger partial charge in [0.25, 0.3) is 0 Å². The summed E-state index contributed by atoms with van der Waals surface area (Å²) in [5, 5.41) is 22.3. The van der Waals surface area contributed by atoms with Gasteiger partial charge in [0, 0.05) is 0 Å². The molecule has 1 fully saturated rings. The molecule has 0 spiro atoms. The first-order chi connectivity index (χ1) is 9.09. The maximum absolute atomic E-state index is 12.4. The molecule has 1 aliphatic rings. The van der Waals surface area contributed by atoms with Crippen molar-refractivity contribution < 1.29 is 9.90 Å². The summed E-state index contributed by atoms with van der Waals surface area (Å²) in [5.41, 5.74) is -0.916. The monoisotopic (exact) mass is 266 g/mol. The van der Waals surface area contributed by atoms with Crippen LogP contribution in [0, 0.1) is 16.7 Å². The molecule has 0 radical (unpaired) electrons. The van der Waals surface area contributed by atoms with Crippen LogP contribution in [0.4, 0.5) is 0 Å². The summed E-state index contributed by atoms with van der Waals surface area (Å²) in [6.07, 6.45) is 5.95. The summed E-state index contributed by atoms with van der Waals surface area (Å²) in [5.74, 6) is -0.190. The van der Waals surface area contributed by atoms with Gasteiger partial charge in [-0.25, -0.2) is 0 Å². The fraction of sp³-hybridized carbons (Fsp3) is 0.867. The fourth-order valence-corrected chi connectivity index (χ4v) is 2.95. The Morgan fingerprint density at radius 2 is 1.89 bits per heavy atom. The number of aliphatic hydroxyl groups excluding tert-OH is 1. The average molecular weight is 266 g/mol. The highest BCUT2D eigenvalue weighted by Crippen LogP contribution is 2.30. The van der Waals surface area contributed by atoms with Crippen LogP contribution >= 0.6 is 0 Å². The van der Waals surface area contributed by atoms with Crippen LogP contribution in [0.25, 0.3) is 0 Å². The van der Waals surface area contributed by atoms with Gasteiger partial charge in [-0.05, 0) is 25.7 Å².